The van der Waals surface area contributed by atoms with E-state index in [0.29, 0.717) is 0 Å². The van der Waals surface area contributed by atoms with Gasteiger partial charge in [0, 0.05) is 17.5 Å². The lowest BCUT2D eigenvalue weighted by Crippen LogP contribution is -2.42. The summed E-state index contributed by atoms with van der Waals surface area (Å²) in [4.78, 5) is 11.3. The van der Waals surface area contributed by atoms with E-state index in [2.05, 4.69) is 62.4 Å². The van der Waals surface area contributed by atoms with E-state index >= 15 is 0 Å². The van der Waals surface area contributed by atoms with Crippen LogP contribution in [0.25, 0.3) is 0 Å². The first-order valence-electron chi connectivity index (χ1n) is 8.98. The van der Waals surface area contributed by atoms with Crippen LogP contribution >= 0.6 is 0 Å². The molecule has 4 rings (SSSR count). The minimum atomic E-state index is -0.733. The molecule has 0 saturated heterocycles. The van der Waals surface area contributed by atoms with E-state index in [1.807, 2.05) is 41.5 Å². The van der Waals surface area contributed by atoms with Crippen molar-refractivity contribution < 1.29 is 4.84 Å². The van der Waals surface area contributed by atoms with Crippen LogP contribution in [0.4, 0.5) is 5.69 Å². The third-order valence-electron chi connectivity index (χ3n) is 4.70. The van der Waals surface area contributed by atoms with Crippen LogP contribution in [0, 0.1) is 6.92 Å². The molecule has 0 radical (unpaired) electrons. The summed E-state index contributed by atoms with van der Waals surface area (Å²) >= 11 is 0. The number of nitrogens with zero attached hydrogens (tertiary/aromatic N) is 2. The Labute approximate surface area is 154 Å². The quantitative estimate of drug-likeness (QED) is 0.629. The molecule has 26 heavy (non-hydrogen) atoms. The zero-order valence-corrected chi connectivity index (χ0v) is 15.1. The number of hydrogen-bond acceptors (Lipinski definition) is 3. The van der Waals surface area contributed by atoms with Gasteiger partial charge in [0.1, 0.15) is 0 Å². The van der Waals surface area contributed by atoms with Crippen molar-refractivity contribution in [2.24, 2.45) is 4.99 Å². The van der Waals surface area contributed by atoms with E-state index in [-0.39, 0.29) is 0 Å². The maximum absolute atomic E-state index is 6.24. The van der Waals surface area contributed by atoms with Crippen molar-refractivity contribution in [2.75, 3.05) is 5.06 Å². The van der Waals surface area contributed by atoms with E-state index in [0.717, 1.165) is 29.1 Å². The van der Waals surface area contributed by atoms with Crippen LogP contribution in [-0.2, 0) is 10.5 Å². The molecular weight excluding hydrogens is 320 g/mol. The minimum absolute atomic E-state index is 0.733. The highest BCUT2D eigenvalue weighted by molar-refractivity contribution is 5.82. The van der Waals surface area contributed by atoms with Gasteiger partial charge in [0.05, 0.1) is 5.69 Å². The maximum atomic E-state index is 6.24. The van der Waals surface area contributed by atoms with Crippen LogP contribution in [0.2, 0.25) is 0 Å². The average Bonchev–Trinajstić information content (AvgIpc) is 3.11. The fourth-order valence-electron chi connectivity index (χ4n) is 3.35. The molecule has 0 saturated carbocycles. The summed E-state index contributed by atoms with van der Waals surface area (Å²) in [6.45, 7) is 4.16. The molecule has 3 aromatic carbocycles. The van der Waals surface area contributed by atoms with Gasteiger partial charge in [0.15, 0.2) is 0 Å². The van der Waals surface area contributed by atoms with Crippen molar-refractivity contribution in [3.8, 4) is 0 Å². The van der Waals surface area contributed by atoms with Gasteiger partial charge >= 0.3 is 0 Å². The summed E-state index contributed by atoms with van der Waals surface area (Å²) in [7, 11) is 0. The van der Waals surface area contributed by atoms with Crippen molar-refractivity contribution in [3.05, 3.63) is 102 Å². The summed E-state index contributed by atoms with van der Waals surface area (Å²) in [6.07, 6.45) is 0.740. The Kier molecular flexibility index (Phi) is 4.21. The van der Waals surface area contributed by atoms with Crippen molar-refractivity contribution in [1.29, 1.82) is 0 Å². The SMILES string of the molecule is CCC1=NC(c2ccccc2)(c2ccccc2)N(c2ccc(C)cc2)O1. The number of aryl methyl sites for hydroxylation is 1. The zero-order chi connectivity index (χ0) is 18.0. The second kappa shape index (κ2) is 6.68. The van der Waals surface area contributed by atoms with E-state index in [1.165, 1.54) is 5.56 Å². The van der Waals surface area contributed by atoms with Crippen molar-refractivity contribution >= 4 is 11.6 Å². The van der Waals surface area contributed by atoms with Crippen molar-refractivity contribution in [1.82, 2.24) is 0 Å². The molecule has 0 aromatic heterocycles. The summed E-state index contributed by atoms with van der Waals surface area (Å²) < 4.78 is 0. The normalized spacial score (nSPS) is 15.5. The molecule has 3 heteroatoms. The van der Waals surface area contributed by atoms with Crippen LogP contribution in [0.1, 0.15) is 30.0 Å². The number of hydroxylamine groups is 1. The standard InChI is InChI=1S/C23H22N2O/c1-3-22-24-23(19-10-6-4-7-11-19,20-12-8-5-9-13-20)25(26-22)21-16-14-18(2)15-17-21/h4-17H,3H2,1-2H3. The van der Waals surface area contributed by atoms with E-state index < -0.39 is 5.66 Å². The number of hydrogen-bond donors (Lipinski definition) is 0. The molecule has 130 valence electrons. The highest BCUT2D eigenvalue weighted by atomic mass is 16.7. The lowest BCUT2D eigenvalue weighted by Gasteiger charge is -2.36. The maximum Gasteiger partial charge on any atom is 0.220 e. The fourth-order valence-corrected chi connectivity index (χ4v) is 3.35. The predicted octanol–water partition coefficient (Wildman–Crippen LogP) is 5.46. The number of benzene rings is 3. The Morgan fingerprint density at radius 3 is 1.85 bits per heavy atom. The van der Waals surface area contributed by atoms with Crippen LogP contribution in [-0.4, -0.2) is 5.90 Å². The molecule has 0 aliphatic carbocycles. The molecule has 0 amide bonds. The molecule has 0 spiro atoms. The molecule has 1 heterocycles. The van der Waals surface area contributed by atoms with Crippen molar-refractivity contribution in [2.45, 2.75) is 25.9 Å². The highest BCUT2D eigenvalue weighted by Crippen LogP contribution is 2.44. The van der Waals surface area contributed by atoms with Gasteiger partial charge in [-0.2, -0.15) is 5.06 Å². The molecular formula is C23H22N2O. The Morgan fingerprint density at radius 1 is 0.808 bits per heavy atom. The van der Waals surface area contributed by atoms with Gasteiger partial charge in [-0.3, -0.25) is 0 Å². The monoisotopic (exact) mass is 342 g/mol. The highest BCUT2D eigenvalue weighted by Gasteiger charge is 2.47. The predicted molar refractivity (Wildman–Crippen MR) is 106 cm³/mol. The summed E-state index contributed by atoms with van der Waals surface area (Å²) in [6, 6.07) is 29.1. The fraction of sp³-hybridized carbons (Fsp3) is 0.174. The van der Waals surface area contributed by atoms with Gasteiger partial charge < -0.3 is 4.84 Å². The molecule has 0 fully saturated rings. The molecule has 3 aromatic rings. The third kappa shape index (κ3) is 2.66. The zero-order valence-electron chi connectivity index (χ0n) is 15.1. The summed E-state index contributed by atoms with van der Waals surface area (Å²) in [5.74, 6) is 0.735. The second-order valence-electron chi connectivity index (χ2n) is 6.48. The van der Waals surface area contributed by atoms with Gasteiger partial charge in [-0.05, 0) is 19.1 Å². The Hall–Kier alpha value is -3.07. The third-order valence-corrected chi connectivity index (χ3v) is 4.70. The minimum Gasteiger partial charge on any atom is -0.361 e. The molecule has 0 N–H and O–H groups in total. The van der Waals surface area contributed by atoms with Gasteiger partial charge in [-0.15, -0.1) is 0 Å². The van der Waals surface area contributed by atoms with Crippen LogP contribution in [0.15, 0.2) is 89.9 Å². The lowest BCUT2D eigenvalue weighted by atomic mass is 9.90. The van der Waals surface area contributed by atoms with E-state index in [1.54, 1.807) is 0 Å². The molecule has 1 aliphatic heterocycles. The first-order valence-corrected chi connectivity index (χ1v) is 8.98. The average molecular weight is 342 g/mol. The number of aliphatic imine (C=N–C) groups is 1. The molecule has 3 nitrogen and oxygen atoms in total. The van der Waals surface area contributed by atoms with Gasteiger partial charge in [-0.25, -0.2) is 4.99 Å². The Morgan fingerprint density at radius 2 is 1.35 bits per heavy atom. The van der Waals surface area contributed by atoms with Gasteiger partial charge in [0.2, 0.25) is 11.6 Å². The topological polar surface area (TPSA) is 24.8 Å². The summed E-state index contributed by atoms with van der Waals surface area (Å²) in [5.41, 5.74) is 3.62. The van der Waals surface area contributed by atoms with Gasteiger partial charge in [-0.1, -0.05) is 85.3 Å². The largest absolute Gasteiger partial charge is 0.361 e. The van der Waals surface area contributed by atoms with Crippen LogP contribution < -0.4 is 5.06 Å². The second-order valence-corrected chi connectivity index (χ2v) is 6.48. The molecule has 0 bridgehead atoms. The molecule has 1 aliphatic rings. The number of rotatable bonds is 4. The first-order chi connectivity index (χ1) is 12.7. The Bertz CT molecular complexity index is 862. The van der Waals surface area contributed by atoms with E-state index in [9.17, 15) is 0 Å². The first kappa shape index (κ1) is 16.4. The van der Waals surface area contributed by atoms with E-state index in [4.69, 9.17) is 9.83 Å². The molecule has 0 atom stereocenters. The number of anilines is 1. The van der Waals surface area contributed by atoms with Crippen LogP contribution in [0.3, 0.4) is 0 Å². The Balaban J connectivity index is 1.97. The molecule has 0 unspecified atom stereocenters. The van der Waals surface area contributed by atoms with Gasteiger partial charge in [0.25, 0.3) is 0 Å². The summed E-state index contributed by atoms with van der Waals surface area (Å²) in [5, 5.41) is 1.94. The van der Waals surface area contributed by atoms with Crippen LogP contribution in [0.5, 0.6) is 0 Å². The lowest BCUT2D eigenvalue weighted by molar-refractivity contribution is 0.227. The smallest absolute Gasteiger partial charge is 0.220 e. The van der Waals surface area contributed by atoms with Crippen molar-refractivity contribution in [3.63, 3.8) is 0 Å².